The van der Waals surface area contributed by atoms with Crippen molar-refractivity contribution in [2.45, 2.75) is 35.7 Å². The number of hydrogen-bond donors (Lipinski definition) is 1. The van der Waals surface area contributed by atoms with Crippen LogP contribution >= 0.6 is 11.8 Å². The van der Waals surface area contributed by atoms with Crippen LogP contribution in [0.3, 0.4) is 0 Å². The summed E-state index contributed by atoms with van der Waals surface area (Å²) < 4.78 is 5.07. The number of esters is 1. The molecule has 1 aromatic carbocycles. The Bertz CT molecular complexity index is 983. The molecule has 7 rings (SSSR count). The molecule has 5 aliphatic rings. The first-order valence-electron chi connectivity index (χ1n) is 10.9. The van der Waals surface area contributed by atoms with Gasteiger partial charge in [0.05, 0.1) is 18.7 Å². The number of fused-ring (bicyclic) bond motifs is 3. The van der Waals surface area contributed by atoms with E-state index in [1.807, 2.05) is 0 Å². The van der Waals surface area contributed by atoms with Crippen LogP contribution in [0, 0.1) is 29.6 Å². The lowest BCUT2D eigenvalue weighted by Crippen LogP contribution is -2.56. The molecule has 0 amide bonds. The van der Waals surface area contributed by atoms with Crippen molar-refractivity contribution in [2.24, 2.45) is 29.6 Å². The van der Waals surface area contributed by atoms with E-state index in [0.29, 0.717) is 11.8 Å². The summed E-state index contributed by atoms with van der Waals surface area (Å²) in [5.41, 5.74) is 2.47. The highest BCUT2D eigenvalue weighted by Crippen LogP contribution is 2.54. The molecular weight excluding hydrogens is 396 g/mol. The van der Waals surface area contributed by atoms with Crippen LogP contribution in [0.1, 0.15) is 24.8 Å². The Morgan fingerprint density at radius 1 is 1.17 bits per heavy atom. The topological polar surface area (TPSA) is 67.3 Å². The maximum absolute atomic E-state index is 12.1. The smallest absolute Gasteiger partial charge is 0.308 e. The van der Waals surface area contributed by atoms with E-state index in [0.717, 1.165) is 54.4 Å². The molecule has 6 nitrogen and oxygen atoms in total. The number of benzene rings is 1. The SMILES string of the molecule is COC(=O)C1CC2C3CC1CC2CN(Cc1ccc2c(c1)Nc1nccnc1S2)C3. The van der Waals surface area contributed by atoms with Gasteiger partial charge in [0.1, 0.15) is 5.03 Å². The van der Waals surface area contributed by atoms with Crippen molar-refractivity contribution in [1.82, 2.24) is 14.9 Å². The molecule has 1 aromatic heterocycles. The summed E-state index contributed by atoms with van der Waals surface area (Å²) in [6.45, 7) is 3.29. The number of likely N-dealkylation sites (tertiary alicyclic amines) is 1. The molecule has 3 atom stereocenters. The zero-order chi connectivity index (χ0) is 20.2. The summed E-state index contributed by atoms with van der Waals surface area (Å²) in [5.74, 6) is 3.71. The predicted molar refractivity (Wildman–Crippen MR) is 114 cm³/mol. The number of hydrogen-bond acceptors (Lipinski definition) is 7. The quantitative estimate of drug-likeness (QED) is 0.641. The minimum Gasteiger partial charge on any atom is -0.469 e. The van der Waals surface area contributed by atoms with Crippen molar-refractivity contribution >= 4 is 29.2 Å². The van der Waals surface area contributed by atoms with Crippen LogP contribution in [0.5, 0.6) is 0 Å². The fourth-order valence-corrected chi connectivity index (χ4v) is 7.25. The van der Waals surface area contributed by atoms with Gasteiger partial charge in [-0.3, -0.25) is 9.69 Å². The van der Waals surface area contributed by atoms with Gasteiger partial charge in [0, 0.05) is 36.9 Å². The van der Waals surface area contributed by atoms with Gasteiger partial charge >= 0.3 is 5.97 Å². The molecule has 0 spiro atoms. The first-order valence-corrected chi connectivity index (χ1v) is 11.7. The number of piperidine rings is 1. The highest BCUT2D eigenvalue weighted by molar-refractivity contribution is 7.99. The van der Waals surface area contributed by atoms with E-state index in [9.17, 15) is 4.79 Å². The van der Waals surface area contributed by atoms with E-state index in [1.54, 1.807) is 24.2 Å². The lowest BCUT2D eigenvalue weighted by atomic mass is 9.54. The number of methoxy groups -OCH3 is 1. The average Bonchev–Trinajstić information content (AvgIpc) is 2.76. The number of aromatic nitrogens is 2. The second-order valence-electron chi connectivity index (χ2n) is 9.24. The van der Waals surface area contributed by atoms with E-state index < -0.39 is 0 Å². The molecule has 3 aliphatic carbocycles. The molecule has 1 saturated heterocycles. The van der Waals surface area contributed by atoms with Crippen LogP contribution in [0.4, 0.5) is 11.5 Å². The third-order valence-electron chi connectivity index (χ3n) is 7.58. The highest BCUT2D eigenvalue weighted by Gasteiger charge is 2.52. The first-order chi connectivity index (χ1) is 14.7. The van der Waals surface area contributed by atoms with Gasteiger partial charge in [0.25, 0.3) is 0 Å². The van der Waals surface area contributed by atoms with Crippen molar-refractivity contribution in [3.05, 3.63) is 36.2 Å². The van der Waals surface area contributed by atoms with Crippen molar-refractivity contribution in [3.8, 4) is 0 Å². The lowest BCUT2D eigenvalue weighted by Gasteiger charge is -2.56. The Morgan fingerprint density at radius 3 is 2.73 bits per heavy atom. The van der Waals surface area contributed by atoms with E-state index >= 15 is 0 Å². The molecule has 3 unspecified atom stereocenters. The molecular formula is C23H26N4O2S. The number of rotatable bonds is 3. The number of nitrogens with one attached hydrogen (secondary N) is 1. The highest BCUT2D eigenvalue weighted by atomic mass is 32.2. The van der Waals surface area contributed by atoms with Gasteiger partial charge in [0.15, 0.2) is 5.82 Å². The van der Waals surface area contributed by atoms with Gasteiger partial charge in [-0.1, -0.05) is 17.8 Å². The Kier molecular flexibility index (Phi) is 4.49. The van der Waals surface area contributed by atoms with Crippen LogP contribution in [-0.4, -0.2) is 41.0 Å². The van der Waals surface area contributed by atoms with Crippen molar-refractivity contribution in [1.29, 1.82) is 0 Å². The summed E-state index contributed by atoms with van der Waals surface area (Å²) in [5, 5.41) is 4.38. The summed E-state index contributed by atoms with van der Waals surface area (Å²) in [7, 11) is 1.53. The largest absolute Gasteiger partial charge is 0.469 e. The van der Waals surface area contributed by atoms with Gasteiger partial charge in [-0.2, -0.15) is 0 Å². The molecule has 0 radical (unpaired) electrons. The van der Waals surface area contributed by atoms with Gasteiger partial charge in [-0.05, 0) is 60.6 Å². The monoisotopic (exact) mass is 422 g/mol. The Labute approximate surface area is 180 Å². The number of ether oxygens (including phenoxy) is 1. The normalized spacial score (nSPS) is 31.4. The fourth-order valence-electron chi connectivity index (χ4n) is 6.37. The van der Waals surface area contributed by atoms with Gasteiger partial charge < -0.3 is 10.1 Å². The molecule has 30 heavy (non-hydrogen) atoms. The second kappa shape index (κ2) is 7.24. The van der Waals surface area contributed by atoms with Crippen LogP contribution in [0.25, 0.3) is 0 Å². The molecule has 4 fully saturated rings. The van der Waals surface area contributed by atoms with Crippen LogP contribution in [-0.2, 0) is 16.1 Å². The van der Waals surface area contributed by atoms with Gasteiger partial charge in [-0.15, -0.1) is 0 Å². The zero-order valence-electron chi connectivity index (χ0n) is 17.1. The van der Waals surface area contributed by atoms with Gasteiger partial charge in [-0.25, -0.2) is 9.97 Å². The summed E-state index contributed by atoms with van der Waals surface area (Å²) in [6.07, 6.45) is 6.89. The van der Waals surface area contributed by atoms with E-state index in [1.165, 1.54) is 30.4 Å². The van der Waals surface area contributed by atoms with Crippen LogP contribution < -0.4 is 5.32 Å². The minimum absolute atomic E-state index is 0.0185. The maximum Gasteiger partial charge on any atom is 0.308 e. The summed E-state index contributed by atoms with van der Waals surface area (Å²) in [4.78, 5) is 24.8. The molecule has 7 heteroatoms. The van der Waals surface area contributed by atoms with Crippen LogP contribution in [0.15, 0.2) is 40.5 Å². The number of nitrogens with zero attached hydrogens (tertiary/aromatic N) is 3. The molecule has 2 aliphatic heterocycles. The second-order valence-corrected chi connectivity index (χ2v) is 10.3. The molecule has 1 N–H and O–H groups in total. The van der Waals surface area contributed by atoms with Crippen LogP contribution in [0.2, 0.25) is 0 Å². The zero-order valence-corrected chi connectivity index (χ0v) is 17.9. The molecule has 4 bridgehead atoms. The predicted octanol–water partition coefficient (Wildman–Crippen LogP) is 3.95. The maximum atomic E-state index is 12.1. The number of anilines is 2. The standard InChI is InChI=1S/C23H26N4O2S/c1-29-23(28)18-9-17-15-7-14(18)8-16(17)12-27(11-15)10-13-2-3-20-19(6-13)26-21-22(30-20)25-5-4-24-21/h2-6,14-18H,7-12H2,1H3,(H,24,26). The third-order valence-corrected chi connectivity index (χ3v) is 8.65. The Hall–Kier alpha value is -2.12. The Balaban J connectivity index is 1.14. The van der Waals surface area contributed by atoms with Gasteiger partial charge in [0.2, 0.25) is 0 Å². The minimum atomic E-state index is 0.0185. The summed E-state index contributed by atoms with van der Waals surface area (Å²) >= 11 is 1.68. The number of carbonyl (C=O) groups excluding carboxylic acids is 1. The third kappa shape index (κ3) is 3.10. The van der Waals surface area contributed by atoms with E-state index in [4.69, 9.17) is 4.74 Å². The first kappa shape index (κ1) is 18.6. The van der Waals surface area contributed by atoms with Crippen molar-refractivity contribution in [2.75, 3.05) is 25.5 Å². The molecule has 2 aromatic rings. The molecule has 156 valence electrons. The van der Waals surface area contributed by atoms with E-state index in [-0.39, 0.29) is 11.9 Å². The fraction of sp³-hybridized carbons (Fsp3) is 0.522. The lowest BCUT2D eigenvalue weighted by molar-refractivity contribution is -0.158. The molecule has 3 saturated carbocycles. The average molecular weight is 423 g/mol. The van der Waals surface area contributed by atoms with E-state index in [2.05, 4.69) is 38.4 Å². The van der Waals surface area contributed by atoms with Crippen molar-refractivity contribution < 1.29 is 9.53 Å². The molecule has 3 heterocycles. The Morgan fingerprint density at radius 2 is 1.97 bits per heavy atom. The summed E-state index contributed by atoms with van der Waals surface area (Å²) in [6, 6.07) is 6.72. The van der Waals surface area contributed by atoms with Crippen molar-refractivity contribution in [3.63, 3.8) is 0 Å². The number of carbonyl (C=O) groups is 1.